The molecule has 0 aliphatic rings. The second-order valence-corrected chi connectivity index (χ2v) is 7.73. The van der Waals surface area contributed by atoms with Crippen molar-refractivity contribution in [1.29, 1.82) is 5.26 Å². The van der Waals surface area contributed by atoms with Crippen molar-refractivity contribution in [3.8, 4) is 17.6 Å². The lowest BCUT2D eigenvalue weighted by Gasteiger charge is -2.16. The van der Waals surface area contributed by atoms with Crippen molar-refractivity contribution >= 4 is 45.5 Å². The van der Waals surface area contributed by atoms with E-state index in [0.29, 0.717) is 7.05 Å². The molecular formula is C31H31ClN6O3. The van der Waals surface area contributed by atoms with Gasteiger partial charge in [-0.3, -0.25) is 14.8 Å². The predicted molar refractivity (Wildman–Crippen MR) is 162 cm³/mol. The molecule has 0 unspecified atom stereocenters. The summed E-state index contributed by atoms with van der Waals surface area (Å²) < 4.78 is 216. The minimum atomic E-state index is -3.87. The number of aryl methyl sites for hydroxylation is 1. The fourth-order valence-electron chi connectivity index (χ4n) is 2.85. The molecule has 4 rings (SSSR count). The Balaban J connectivity index is 2.12. The molecule has 0 radical (unpaired) electrons. The molecule has 2 aromatic carbocycles. The Hall–Kier alpha value is -4.65. The standard InChI is InChI=1S/C31H31ClN6O3/c1-5-40-29-16-26-24(15-27(29)37-30(39)10-7-13-38(3)4)31(21(17-33)18-34-26)36-22-11-12-28(25(32)14-22)41-19-23-9-6-8-20(2)35-23/h6-12,14-16,18H,5,13,19H2,1-4H3,(H,34,36)(H,37,39)/b10-7+/i1D3,3D3,5D2,6D,7D,8D,9D,10D,11D,12D,13D2,14D,15D,16D,18D,19D2/hD2. The Morgan fingerprint density at radius 3 is 3.00 bits per heavy atom. The largest absolute Gasteiger partial charge is 0.492 e. The summed E-state index contributed by atoms with van der Waals surface area (Å²) in [6.07, 6.45) is -1.15. The Bertz CT molecular complexity index is 2730. The summed E-state index contributed by atoms with van der Waals surface area (Å²) in [7, 11) is 0.660. The summed E-state index contributed by atoms with van der Waals surface area (Å²) in [4.78, 5) is 21.2. The number of carbonyl (C=O) groups is 1. The van der Waals surface area contributed by atoms with E-state index < -0.39 is 167 Å². The summed E-state index contributed by atoms with van der Waals surface area (Å²) in [5.41, 5.74) is -6.89. The fraction of sp³-hybridized carbons (Fsp3) is 0.226. The van der Waals surface area contributed by atoms with Crippen molar-refractivity contribution < 1.29 is 48.6 Å². The Labute approximate surface area is 279 Å². The minimum Gasteiger partial charge on any atom is -0.492 e. The van der Waals surface area contributed by atoms with Crippen molar-refractivity contribution in [3.63, 3.8) is 0 Å². The number of rotatable bonds is 11. The van der Waals surface area contributed by atoms with Gasteiger partial charge in [0.15, 0.2) is 2.82 Å². The number of nitrogens with one attached hydrogen (secondary N) is 2. The van der Waals surface area contributed by atoms with Crippen LogP contribution in [0.3, 0.4) is 0 Å². The van der Waals surface area contributed by atoms with E-state index in [4.69, 9.17) is 54.1 Å². The van der Waals surface area contributed by atoms with Gasteiger partial charge in [0.1, 0.15) is 24.1 Å². The normalized spacial score (nSPS) is 22.0. The van der Waals surface area contributed by atoms with E-state index >= 15 is 0 Å². The number of carbonyl (C=O) groups excluding carboxylic acids is 1. The van der Waals surface area contributed by atoms with E-state index in [0.717, 1.165) is 0 Å². The number of halogens is 1. The molecule has 0 atom stereocenters. The Morgan fingerprint density at radius 1 is 1.32 bits per heavy atom. The van der Waals surface area contributed by atoms with E-state index in [9.17, 15) is 11.4 Å². The minimum absolute atomic E-state index is 0.0317. The third kappa shape index (κ3) is 7.72. The number of hydrogen-bond donors (Lipinski definition) is 2. The van der Waals surface area contributed by atoms with Crippen molar-refractivity contribution in [2.24, 2.45) is 0 Å². The maximum atomic E-state index is 13.7. The molecule has 2 heterocycles. The van der Waals surface area contributed by atoms with Crippen LogP contribution in [0, 0.1) is 18.3 Å². The number of amides is 1. The third-order valence-electron chi connectivity index (χ3n) is 4.45. The van der Waals surface area contributed by atoms with E-state index in [2.05, 4.69) is 9.97 Å². The first-order valence-corrected chi connectivity index (χ1v) is 11.2. The Kier molecular flexibility index (Phi) is 3.64. The molecule has 2 aromatic heterocycles. The number of nitriles is 1. The van der Waals surface area contributed by atoms with Gasteiger partial charge in [-0.05, 0) is 64.1 Å². The molecular weight excluding hydrogens is 540 g/mol. The SMILES string of the molecule is [2H]/C(C(=O)N([2H])c1c(OC([2H])([2H])C([2H])([2H])[2H])c([2H])c2nc([2H])c(C#N)c(N([2H])c3c([2H])c([2H])c(OC([2H])([2H])c4nc(C)c([2H])c([2H])c4[2H])c(Cl)c3[2H])c2c1[2H])=C(/[2H])C([2H])([2H])N(C)C([2H])([2H])[2H]. The van der Waals surface area contributed by atoms with Crippen molar-refractivity contribution in [2.75, 3.05) is 37.7 Å². The predicted octanol–water partition coefficient (Wildman–Crippen LogP) is 6.24. The topological polar surface area (TPSA) is 112 Å². The van der Waals surface area contributed by atoms with Crippen molar-refractivity contribution in [3.05, 3.63) is 88.6 Å². The molecule has 0 fully saturated rings. The van der Waals surface area contributed by atoms with E-state index in [1.165, 1.54) is 13.0 Å². The number of pyridine rings is 2. The molecule has 41 heavy (non-hydrogen) atoms. The molecule has 9 nitrogen and oxygen atoms in total. The van der Waals surface area contributed by atoms with Gasteiger partial charge in [-0.1, -0.05) is 23.7 Å². The number of aromatic nitrogens is 2. The summed E-state index contributed by atoms with van der Waals surface area (Å²) in [6, 6.07) is -10.6. The highest BCUT2D eigenvalue weighted by Gasteiger charge is 2.16. The average molecular weight is 596 g/mol. The van der Waals surface area contributed by atoms with Gasteiger partial charge < -0.3 is 25.0 Å². The molecule has 0 spiro atoms. The average Bonchev–Trinajstić information content (AvgIpc) is 3.21. The lowest BCUT2D eigenvalue weighted by Crippen LogP contribution is -2.13. The highest BCUT2D eigenvalue weighted by Crippen LogP contribution is 2.37. The van der Waals surface area contributed by atoms with Crippen LogP contribution in [0.4, 0.5) is 17.1 Å². The summed E-state index contributed by atoms with van der Waals surface area (Å²) in [5.74, 6) is -4.70. The number of benzene rings is 2. The smallest absolute Gasteiger partial charge is 0.248 e. The van der Waals surface area contributed by atoms with E-state index in [-0.39, 0.29) is 15.9 Å². The molecule has 4 aromatic rings. The molecule has 2 N–H and O–H groups in total. The van der Waals surface area contributed by atoms with Crippen LogP contribution in [-0.4, -0.2) is 47.9 Å². The maximum absolute atomic E-state index is 13.7. The highest BCUT2D eigenvalue weighted by atomic mass is 35.5. The van der Waals surface area contributed by atoms with Gasteiger partial charge in [0.05, 0.1) is 60.3 Å². The van der Waals surface area contributed by atoms with Crippen LogP contribution in [0.25, 0.3) is 10.9 Å². The second-order valence-electron chi connectivity index (χ2n) is 7.36. The van der Waals surface area contributed by atoms with Crippen molar-refractivity contribution in [2.45, 2.75) is 20.3 Å². The zero-order chi connectivity index (χ0) is 51.0. The van der Waals surface area contributed by atoms with Crippen LogP contribution in [0.2, 0.25) is 7.85 Å². The highest BCUT2D eigenvalue weighted by molar-refractivity contribution is 6.32. The van der Waals surface area contributed by atoms with Gasteiger partial charge >= 0.3 is 0 Å². The van der Waals surface area contributed by atoms with Gasteiger partial charge in [0.2, 0.25) is 5.91 Å². The fourth-order valence-corrected chi connectivity index (χ4v) is 3.03. The van der Waals surface area contributed by atoms with Crippen LogP contribution in [-0.2, 0) is 11.4 Å². The van der Waals surface area contributed by atoms with Gasteiger partial charge in [-0.25, -0.2) is 0 Å². The zero-order valence-electron chi connectivity index (χ0n) is 45.8. The molecule has 1 amide bonds. The molecule has 10 heteroatoms. The van der Waals surface area contributed by atoms with Crippen LogP contribution in [0.5, 0.6) is 11.5 Å². The number of hydrogen-bond acceptors (Lipinski definition) is 8. The number of nitrogens with zero attached hydrogens (tertiary/aromatic N) is 4. The molecule has 210 valence electrons. The van der Waals surface area contributed by atoms with Gasteiger partial charge in [-0.15, -0.1) is 0 Å². The number of fused-ring (bicyclic) bond motifs is 1. The quantitative estimate of drug-likeness (QED) is 0.196. The molecule has 0 aliphatic carbocycles. The summed E-state index contributed by atoms with van der Waals surface area (Å²) in [6.45, 7) is -16.4. The molecule has 0 saturated carbocycles. The summed E-state index contributed by atoms with van der Waals surface area (Å²) in [5, 5.41) is 7.52. The second kappa shape index (κ2) is 13.6. The zero-order valence-corrected chi connectivity index (χ0v) is 21.5. The van der Waals surface area contributed by atoms with Crippen LogP contribution < -0.4 is 20.1 Å². The third-order valence-corrected chi connectivity index (χ3v) is 4.72. The van der Waals surface area contributed by atoms with Gasteiger partial charge in [0, 0.05) is 52.5 Å². The van der Waals surface area contributed by atoms with Gasteiger partial charge in [-0.2, -0.15) is 5.26 Å². The number of likely N-dealkylation sites (N-methyl/N-ethyl adjacent to an activating group) is 1. The molecule has 0 saturated heterocycles. The lowest BCUT2D eigenvalue weighted by atomic mass is 10.1. The molecule has 0 aliphatic heterocycles. The monoisotopic (exact) mass is 595 g/mol. The first kappa shape index (κ1) is 11.0. The number of ether oxygens (including phenoxy) is 2. The first-order valence-electron chi connectivity index (χ1n) is 23.3. The van der Waals surface area contributed by atoms with Gasteiger partial charge in [0.25, 0.3) is 0 Å². The lowest BCUT2D eigenvalue weighted by molar-refractivity contribution is -0.111. The van der Waals surface area contributed by atoms with E-state index in [1.54, 1.807) is 0 Å². The van der Waals surface area contributed by atoms with E-state index in [1.807, 2.05) is 0 Å². The van der Waals surface area contributed by atoms with Crippen molar-refractivity contribution in [1.82, 2.24) is 14.9 Å². The number of anilines is 3. The van der Waals surface area contributed by atoms with Crippen LogP contribution in [0.1, 0.15) is 55.3 Å². The first-order chi connectivity index (χ1) is 29.8. The Morgan fingerprint density at radius 2 is 2.20 bits per heavy atom. The van der Waals surface area contributed by atoms with Crippen LogP contribution >= 0.6 is 11.6 Å². The summed E-state index contributed by atoms with van der Waals surface area (Å²) >= 11 is 6.39. The maximum Gasteiger partial charge on any atom is 0.248 e. The molecule has 0 bridgehead atoms. The van der Waals surface area contributed by atoms with Crippen LogP contribution in [0.15, 0.2) is 66.6 Å².